The molecule has 0 spiro atoms. The number of halogens is 2. The smallest absolute Gasteiger partial charge is 0.407 e. The van der Waals surface area contributed by atoms with Crippen LogP contribution >= 0.6 is 11.6 Å². The third-order valence-electron chi connectivity index (χ3n) is 3.90. The summed E-state index contributed by atoms with van der Waals surface area (Å²) in [6.45, 7) is 1.69. The number of para-hydroxylation sites is 1. The van der Waals surface area contributed by atoms with Crippen molar-refractivity contribution >= 4 is 23.4 Å². The van der Waals surface area contributed by atoms with Gasteiger partial charge < -0.3 is 15.0 Å². The van der Waals surface area contributed by atoms with Crippen molar-refractivity contribution < 1.29 is 13.9 Å². The van der Waals surface area contributed by atoms with Crippen LogP contribution in [0.4, 0.5) is 14.9 Å². The predicted octanol–water partition coefficient (Wildman–Crippen LogP) is 3.98. The van der Waals surface area contributed by atoms with E-state index < -0.39 is 11.9 Å². The van der Waals surface area contributed by atoms with Crippen LogP contribution < -0.4 is 10.2 Å². The molecule has 1 aliphatic heterocycles. The van der Waals surface area contributed by atoms with E-state index in [1.807, 2.05) is 30.3 Å². The molecule has 1 heterocycles. The number of nitrogens with zero attached hydrogens (tertiary/aromatic N) is 1. The highest BCUT2D eigenvalue weighted by Gasteiger charge is 2.25. The molecule has 2 aromatic carbocycles. The van der Waals surface area contributed by atoms with Crippen LogP contribution in [0.25, 0.3) is 0 Å². The third kappa shape index (κ3) is 4.38. The molecule has 1 N–H and O–H groups in total. The van der Waals surface area contributed by atoms with E-state index >= 15 is 0 Å². The number of carbonyl (C=O) groups is 1. The van der Waals surface area contributed by atoms with Gasteiger partial charge in [-0.05, 0) is 35.9 Å². The van der Waals surface area contributed by atoms with Crippen molar-refractivity contribution in [3.05, 3.63) is 64.9 Å². The Morgan fingerprint density at radius 2 is 2.08 bits per heavy atom. The minimum absolute atomic E-state index is 0.152. The van der Waals surface area contributed by atoms with E-state index in [-0.39, 0.29) is 12.6 Å². The second-order valence-corrected chi connectivity index (χ2v) is 6.17. The number of alkyl carbamates (subject to hydrolysis) is 1. The number of anilines is 1. The average molecular weight is 349 g/mol. The number of ether oxygens (including phenoxy) is 1. The Bertz CT molecular complexity index is 691. The van der Waals surface area contributed by atoms with E-state index in [9.17, 15) is 9.18 Å². The lowest BCUT2D eigenvalue weighted by molar-refractivity contribution is 0.108. The Morgan fingerprint density at radius 3 is 2.83 bits per heavy atom. The van der Waals surface area contributed by atoms with Crippen LogP contribution in [0, 0.1) is 5.82 Å². The highest BCUT2D eigenvalue weighted by atomic mass is 35.5. The first kappa shape index (κ1) is 16.6. The van der Waals surface area contributed by atoms with E-state index in [0.717, 1.165) is 18.7 Å². The number of rotatable bonds is 4. The van der Waals surface area contributed by atoms with E-state index in [4.69, 9.17) is 16.3 Å². The average Bonchev–Trinajstić information content (AvgIpc) is 3.01. The number of amides is 1. The van der Waals surface area contributed by atoms with Crippen LogP contribution in [-0.4, -0.2) is 25.3 Å². The number of carbonyl (C=O) groups excluding carboxylic acids is 1. The van der Waals surface area contributed by atoms with Crippen molar-refractivity contribution in [2.45, 2.75) is 19.1 Å². The van der Waals surface area contributed by atoms with E-state index in [1.54, 1.807) is 6.07 Å². The molecule has 4 nitrogen and oxygen atoms in total. The zero-order valence-electron chi connectivity index (χ0n) is 13.0. The SMILES string of the molecule is O=C(NCc1cc(F)cc(Cl)c1)OC1CCN(c2ccccc2)C1. The molecule has 0 saturated carbocycles. The molecule has 3 rings (SSSR count). The lowest BCUT2D eigenvalue weighted by Gasteiger charge is -2.18. The Labute approximate surface area is 145 Å². The van der Waals surface area contributed by atoms with Crippen LogP contribution in [0.2, 0.25) is 5.02 Å². The molecule has 24 heavy (non-hydrogen) atoms. The Kier molecular flexibility index (Phi) is 5.20. The molecule has 126 valence electrons. The summed E-state index contributed by atoms with van der Waals surface area (Å²) in [6, 6.07) is 14.2. The van der Waals surface area contributed by atoms with Crippen LogP contribution in [0.5, 0.6) is 0 Å². The Balaban J connectivity index is 1.47. The molecule has 6 heteroatoms. The topological polar surface area (TPSA) is 41.6 Å². The normalized spacial score (nSPS) is 16.9. The van der Waals surface area contributed by atoms with Gasteiger partial charge in [0.15, 0.2) is 0 Å². The molecule has 1 fully saturated rings. The first-order chi connectivity index (χ1) is 11.6. The summed E-state index contributed by atoms with van der Waals surface area (Å²) in [7, 11) is 0. The number of nitrogens with one attached hydrogen (secondary N) is 1. The van der Waals surface area contributed by atoms with Gasteiger partial charge in [0.1, 0.15) is 11.9 Å². The van der Waals surface area contributed by atoms with Crippen LogP contribution in [0.15, 0.2) is 48.5 Å². The van der Waals surface area contributed by atoms with Crippen molar-refractivity contribution in [1.29, 1.82) is 0 Å². The van der Waals surface area contributed by atoms with Gasteiger partial charge in [-0.15, -0.1) is 0 Å². The maximum Gasteiger partial charge on any atom is 0.407 e. The van der Waals surface area contributed by atoms with Gasteiger partial charge in [0, 0.05) is 30.2 Å². The number of hydrogen-bond donors (Lipinski definition) is 1. The van der Waals surface area contributed by atoms with Gasteiger partial charge in [-0.25, -0.2) is 9.18 Å². The van der Waals surface area contributed by atoms with Crippen LogP contribution in [0.1, 0.15) is 12.0 Å². The zero-order valence-corrected chi connectivity index (χ0v) is 13.8. The predicted molar refractivity (Wildman–Crippen MR) is 91.8 cm³/mol. The van der Waals surface area contributed by atoms with Crippen molar-refractivity contribution in [2.75, 3.05) is 18.0 Å². The van der Waals surface area contributed by atoms with Crippen molar-refractivity contribution in [1.82, 2.24) is 5.32 Å². The summed E-state index contributed by atoms with van der Waals surface area (Å²) in [4.78, 5) is 14.1. The molecule has 1 atom stereocenters. The molecular weight excluding hydrogens is 331 g/mol. The van der Waals surface area contributed by atoms with E-state index in [0.29, 0.717) is 17.1 Å². The first-order valence-corrected chi connectivity index (χ1v) is 8.17. The van der Waals surface area contributed by atoms with E-state index in [2.05, 4.69) is 10.2 Å². The minimum atomic E-state index is -0.504. The molecule has 1 aliphatic rings. The number of benzene rings is 2. The maximum atomic E-state index is 13.3. The molecule has 0 bridgehead atoms. The molecule has 0 radical (unpaired) electrons. The van der Waals surface area contributed by atoms with Gasteiger partial charge >= 0.3 is 6.09 Å². The number of hydrogen-bond acceptors (Lipinski definition) is 3. The highest BCUT2D eigenvalue weighted by Crippen LogP contribution is 2.21. The summed E-state index contributed by atoms with van der Waals surface area (Å²) in [5.74, 6) is -0.429. The molecular formula is C18H18ClFN2O2. The fourth-order valence-electron chi connectivity index (χ4n) is 2.78. The van der Waals surface area contributed by atoms with E-state index in [1.165, 1.54) is 12.1 Å². The quantitative estimate of drug-likeness (QED) is 0.908. The van der Waals surface area contributed by atoms with Crippen LogP contribution in [0.3, 0.4) is 0 Å². The standard InChI is InChI=1S/C18H18ClFN2O2/c19-14-8-13(9-15(20)10-14)11-21-18(23)24-17-6-7-22(12-17)16-4-2-1-3-5-16/h1-5,8-10,17H,6-7,11-12H2,(H,21,23). The summed E-state index contributed by atoms with van der Waals surface area (Å²) in [5, 5.41) is 2.93. The van der Waals surface area contributed by atoms with Gasteiger partial charge in [-0.3, -0.25) is 0 Å². The van der Waals surface area contributed by atoms with Gasteiger partial charge in [0.05, 0.1) is 6.54 Å². The Hall–Kier alpha value is -2.27. The monoisotopic (exact) mass is 348 g/mol. The summed E-state index contributed by atoms with van der Waals surface area (Å²) >= 11 is 5.79. The summed E-state index contributed by atoms with van der Waals surface area (Å²) in [5.41, 5.74) is 1.72. The molecule has 0 aromatic heterocycles. The van der Waals surface area contributed by atoms with Crippen molar-refractivity contribution in [3.63, 3.8) is 0 Å². The summed E-state index contributed by atoms with van der Waals surface area (Å²) < 4.78 is 18.7. The second-order valence-electron chi connectivity index (χ2n) is 5.73. The molecule has 1 saturated heterocycles. The fourth-order valence-corrected chi connectivity index (χ4v) is 3.02. The third-order valence-corrected chi connectivity index (χ3v) is 4.12. The van der Waals surface area contributed by atoms with Gasteiger partial charge in [0.25, 0.3) is 0 Å². The zero-order chi connectivity index (χ0) is 16.9. The molecule has 2 aromatic rings. The minimum Gasteiger partial charge on any atom is -0.444 e. The summed E-state index contributed by atoms with van der Waals surface area (Å²) in [6.07, 6.45) is 0.130. The van der Waals surface area contributed by atoms with Crippen molar-refractivity contribution in [3.8, 4) is 0 Å². The maximum absolute atomic E-state index is 13.3. The first-order valence-electron chi connectivity index (χ1n) is 7.79. The second kappa shape index (κ2) is 7.53. The molecule has 1 unspecified atom stereocenters. The van der Waals surface area contributed by atoms with Crippen molar-refractivity contribution in [2.24, 2.45) is 0 Å². The largest absolute Gasteiger partial charge is 0.444 e. The van der Waals surface area contributed by atoms with Gasteiger partial charge in [0.2, 0.25) is 0 Å². The van der Waals surface area contributed by atoms with Gasteiger partial charge in [-0.1, -0.05) is 29.8 Å². The van der Waals surface area contributed by atoms with Gasteiger partial charge in [-0.2, -0.15) is 0 Å². The Morgan fingerprint density at radius 1 is 1.29 bits per heavy atom. The molecule has 1 amide bonds. The van der Waals surface area contributed by atoms with Crippen LogP contribution in [-0.2, 0) is 11.3 Å². The molecule has 0 aliphatic carbocycles. The lowest BCUT2D eigenvalue weighted by atomic mass is 10.2. The highest BCUT2D eigenvalue weighted by molar-refractivity contribution is 6.30. The lowest BCUT2D eigenvalue weighted by Crippen LogP contribution is -2.30. The fraction of sp³-hybridized carbons (Fsp3) is 0.278.